The minimum atomic E-state index is -0.713. The van der Waals surface area contributed by atoms with Crippen molar-refractivity contribution in [1.29, 1.82) is 0 Å². The van der Waals surface area contributed by atoms with E-state index in [9.17, 15) is 14.4 Å². The van der Waals surface area contributed by atoms with Crippen LogP contribution in [0, 0.1) is 5.92 Å². The van der Waals surface area contributed by atoms with Gasteiger partial charge in [0.25, 0.3) is 0 Å². The zero-order valence-electron chi connectivity index (χ0n) is 13.4. The molecule has 0 amide bonds. The quantitative estimate of drug-likeness (QED) is 0.303. The Morgan fingerprint density at radius 1 is 1.33 bits per heavy atom. The average molecular weight is 334 g/mol. The van der Waals surface area contributed by atoms with Crippen molar-refractivity contribution < 1.29 is 33.3 Å². The van der Waals surface area contributed by atoms with Gasteiger partial charge in [0.15, 0.2) is 0 Å². The minimum Gasteiger partial charge on any atom is -0.458 e. The molecule has 4 rings (SSSR count). The van der Waals surface area contributed by atoms with Crippen LogP contribution in [0.4, 0.5) is 0 Å². The maximum atomic E-state index is 12.3. The second-order valence-electron chi connectivity index (χ2n) is 6.94. The Hall–Kier alpha value is -2.15. The summed E-state index contributed by atoms with van der Waals surface area (Å²) in [7, 11) is 0. The van der Waals surface area contributed by atoms with Gasteiger partial charge in [0, 0.05) is 25.3 Å². The molecule has 0 saturated carbocycles. The molecule has 0 N–H and O–H groups in total. The Morgan fingerprint density at radius 3 is 2.79 bits per heavy atom. The summed E-state index contributed by atoms with van der Waals surface area (Å²) in [4.78, 5) is 35.6. The van der Waals surface area contributed by atoms with Gasteiger partial charge in [-0.3, -0.25) is 4.79 Å². The lowest BCUT2D eigenvalue weighted by Gasteiger charge is -2.23. The molecule has 3 aliphatic heterocycles. The highest BCUT2D eigenvalue weighted by atomic mass is 16.6. The summed E-state index contributed by atoms with van der Waals surface area (Å²) in [6.07, 6.45) is 0.501. The maximum absolute atomic E-state index is 12.3. The van der Waals surface area contributed by atoms with Crippen molar-refractivity contribution in [2.24, 2.45) is 5.92 Å². The van der Waals surface area contributed by atoms with E-state index in [-0.39, 0.29) is 6.10 Å². The normalized spacial score (nSPS) is 43.2. The lowest BCUT2D eigenvalue weighted by atomic mass is 9.83. The molecule has 7 heteroatoms. The van der Waals surface area contributed by atoms with Crippen LogP contribution in [0.5, 0.6) is 0 Å². The summed E-state index contributed by atoms with van der Waals surface area (Å²) in [6, 6.07) is 0. The summed E-state index contributed by atoms with van der Waals surface area (Å²) in [5.74, 6) is -1.93. The molecule has 2 fully saturated rings. The van der Waals surface area contributed by atoms with Crippen LogP contribution in [-0.2, 0) is 33.3 Å². The molecule has 2 bridgehead atoms. The Labute approximate surface area is 138 Å². The standard InChI is InChI=1S/C17H18O7/c1-7-14-11-4-9(16(20)22-11)10(21-8(2)18)5-13-17(3,24-13)6-12(14)23-15(7)19/h4,10-14H,1,5-6H2,2-3H3/t10-,11+,12-,13-,14+,17-/m0/s1. The van der Waals surface area contributed by atoms with E-state index in [2.05, 4.69) is 6.58 Å². The molecule has 0 spiro atoms. The summed E-state index contributed by atoms with van der Waals surface area (Å²) in [6.45, 7) is 7.02. The van der Waals surface area contributed by atoms with Gasteiger partial charge in [0.1, 0.15) is 18.3 Å². The number of esters is 3. The summed E-state index contributed by atoms with van der Waals surface area (Å²) in [5.41, 5.74) is 0.105. The first-order chi connectivity index (χ1) is 11.3. The van der Waals surface area contributed by atoms with Crippen molar-refractivity contribution in [3.05, 3.63) is 23.8 Å². The van der Waals surface area contributed by atoms with Crippen molar-refractivity contribution in [3.63, 3.8) is 0 Å². The first-order valence-corrected chi connectivity index (χ1v) is 7.96. The number of carbonyl (C=O) groups excluding carboxylic acids is 3. The molecule has 1 aliphatic carbocycles. The van der Waals surface area contributed by atoms with Crippen molar-refractivity contribution in [1.82, 2.24) is 0 Å². The van der Waals surface area contributed by atoms with Gasteiger partial charge in [-0.15, -0.1) is 0 Å². The van der Waals surface area contributed by atoms with E-state index < -0.39 is 47.7 Å². The number of ether oxygens (including phenoxy) is 4. The molecule has 3 heterocycles. The SMILES string of the molecule is C=C1C(=O)O[C@H]2C[C@]3(C)O[C@H]3C[C@H](OC(C)=O)C3=C[C@@H](OC3=O)[C@@H]12. The summed E-state index contributed by atoms with van der Waals surface area (Å²) >= 11 is 0. The van der Waals surface area contributed by atoms with Crippen LogP contribution < -0.4 is 0 Å². The average Bonchev–Trinajstić information content (AvgIpc) is 2.80. The number of fused-ring (bicyclic) bond motifs is 4. The second-order valence-corrected chi connectivity index (χ2v) is 6.94. The van der Waals surface area contributed by atoms with Crippen LogP contribution in [0.1, 0.15) is 26.7 Å². The van der Waals surface area contributed by atoms with Gasteiger partial charge >= 0.3 is 17.9 Å². The number of carbonyl (C=O) groups is 3. The zero-order chi connectivity index (χ0) is 17.2. The lowest BCUT2D eigenvalue weighted by molar-refractivity contribution is -0.148. The molecule has 24 heavy (non-hydrogen) atoms. The fourth-order valence-electron chi connectivity index (χ4n) is 3.91. The number of epoxide rings is 1. The molecule has 0 aromatic carbocycles. The van der Waals surface area contributed by atoms with E-state index in [1.165, 1.54) is 6.92 Å². The number of hydrogen-bond donors (Lipinski definition) is 0. The molecular formula is C17H18O7. The third kappa shape index (κ3) is 2.26. The van der Waals surface area contributed by atoms with Crippen molar-refractivity contribution in [2.75, 3.05) is 0 Å². The Balaban J connectivity index is 1.73. The van der Waals surface area contributed by atoms with E-state index in [0.29, 0.717) is 24.0 Å². The van der Waals surface area contributed by atoms with Crippen LogP contribution in [0.2, 0.25) is 0 Å². The highest BCUT2D eigenvalue weighted by Crippen LogP contribution is 2.49. The predicted octanol–water partition coefficient (Wildman–Crippen LogP) is 0.819. The third-order valence-corrected chi connectivity index (χ3v) is 5.23. The number of rotatable bonds is 1. The third-order valence-electron chi connectivity index (χ3n) is 5.23. The first-order valence-electron chi connectivity index (χ1n) is 7.96. The van der Waals surface area contributed by atoms with Crippen LogP contribution >= 0.6 is 0 Å². The molecule has 0 aromatic heterocycles. The fourth-order valence-corrected chi connectivity index (χ4v) is 3.91. The van der Waals surface area contributed by atoms with E-state index in [1.54, 1.807) is 6.08 Å². The molecule has 4 aliphatic rings. The van der Waals surface area contributed by atoms with E-state index in [1.807, 2.05) is 6.92 Å². The minimum absolute atomic E-state index is 0.180. The molecule has 128 valence electrons. The molecule has 2 saturated heterocycles. The monoisotopic (exact) mass is 334 g/mol. The van der Waals surface area contributed by atoms with Crippen LogP contribution in [-0.4, -0.2) is 47.9 Å². The molecule has 0 unspecified atom stereocenters. The topological polar surface area (TPSA) is 91.4 Å². The zero-order valence-corrected chi connectivity index (χ0v) is 13.4. The lowest BCUT2D eigenvalue weighted by Crippen LogP contribution is -2.33. The van der Waals surface area contributed by atoms with Crippen LogP contribution in [0.15, 0.2) is 23.8 Å². The van der Waals surface area contributed by atoms with Gasteiger partial charge in [0.2, 0.25) is 0 Å². The van der Waals surface area contributed by atoms with Gasteiger partial charge in [-0.1, -0.05) is 6.58 Å². The molecule has 7 nitrogen and oxygen atoms in total. The van der Waals surface area contributed by atoms with Crippen LogP contribution in [0.3, 0.4) is 0 Å². The predicted molar refractivity (Wildman–Crippen MR) is 78.5 cm³/mol. The molecular weight excluding hydrogens is 316 g/mol. The smallest absolute Gasteiger partial charge is 0.338 e. The molecule has 0 radical (unpaired) electrons. The highest BCUT2D eigenvalue weighted by molar-refractivity contribution is 5.94. The second kappa shape index (κ2) is 4.92. The van der Waals surface area contributed by atoms with Gasteiger partial charge in [-0.25, -0.2) is 9.59 Å². The van der Waals surface area contributed by atoms with Crippen molar-refractivity contribution in [2.45, 2.75) is 56.7 Å². The van der Waals surface area contributed by atoms with Gasteiger partial charge < -0.3 is 18.9 Å². The first kappa shape index (κ1) is 15.4. The summed E-state index contributed by atoms with van der Waals surface area (Å²) < 4.78 is 21.9. The van der Waals surface area contributed by atoms with Crippen LogP contribution in [0.25, 0.3) is 0 Å². The fraction of sp³-hybridized carbons (Fsp3) is 0.588. The number of hydrogen-bond acceptors (Lipinski definition) is 7. The maximum Gasteiger partial charge on any atom is 0.338 e. The Kier molecular flexibility index (Phi) is 3.16. The van der Waals surface area contributed by atoms with E-state index in [4.69, 9.17) is 18.9 Å². The van der Waals surface area contributed by atoms with Gasteiger partial charge in [-0.05, 0) is 13.0 Å². The van der Waals surface area contributed by atoms with Crippen molar-refractivity contribution >= 4 is 17.9 Å². The molecule has 0 aromatic rings. The van der Waals surface area contributed by atoms with E-state index in [0.717, 1.165) is 0 Å². The highest BCUT2D eigenvalue weighted by Gasteiger charge is 2.60. The Bertz CT molecular complexity index is 693. The largest absolute Gasteiger partial charge is 0.458 e. The van der Waals surface area contributed by atoms with Crippen molar-refractivity contribution in [3.8, 4) is 0 Å². The summed E-state index contributed by atoms with van der Waals surface area (Å²) in [5, 5.41) is 0. The van der Waals surface area contributed by atoms with Gasteiger partial charge in [-0.2, -0.15) is 0 Å². The van der Waals surface area contributed by atoms with Gasteiger partial charge in [0.05, 0.1) is 23.2 Å². The molecule has 6 atom stereocenters. The Morgan fingerprint density at radius 2 is 2.08 bits per heavy atom. The van der Waals surface area contributed by atoms with E-state index >= 15 is 0 Å².